The number of hydrogen-bond acceptors (Lipinski definition) is 2. The van der Waals surface area contributed by atoms with E-state index in [-0.39, 0.29) is 0 Å². The van der Waals surface area contributed by atoms with E-state index in [4.69, 9.17) is 28.9 Å². The first-order chi connectivity index (χ1) is 10.1. The molecule has 0 spiro atoms. The highest BCUT2D eigenvalue weighted by atomic mass is 35.5. The van der Waals surface area contributed by atoms with Crippen molar-refractivity contribution < 1.29 is 0 Å². The zero-order valence-electron chi connectivity index (χ0n) is 11.4. The highest BCUT2D eigenvalue weighted by Gasteiger charge is 2.15. The van der Waals surface area contributed by atoms with E-state index in [2.05, 4.69) is 10.3 Å². The Labute approximate surface area is 133 Å². The van der Waals surface area contributed by atoms with Crippen LogP contribution in [0.25, 0.3) is 0 Å². The molecule has 2 aromatic carbocycles. The van der Waals surface area contributed by atoms with Crippen LogP contribution in [-0.2, 0) is 12.8 Å². The average molecular weight is 320 g/mol. The summed E-state index contributed by atoms with van der Waals surface area (Å²) in [5.41, 5.74) is 9.88. The topological polar surface area (TPSA) is 50.4 Å². The Balaban J connectivity index is 1.63. The molecule has 21 heavy (non-hydrogen) atoms. The predicted octanol–water partition coefficient (Wildman–Crippen LogP) is 4.18. The fourth-order valence-electron chi connectivity index (χ4n) is 2.38. The minimum atomic E-state index is 0.653. The van der Waals surface area contributed by atoms with E-state index < -0.39 is 0 Å². The molecule has 0 amide bonds. The van der Waals surface area contributed by atoms with Crippen molar-refractivity contribution >= 4 is 40.4 Å². The van der Waals surface area contributed by atoms with Crippen LogP contribution in [0.5, 0.6) is 0 Å². The minimum absolute atomic E-state index is 0.653. The summed E-state index contributed by atoms with van der Waals surface area (Å²) in [6, 6.07) is 11.4. The summed E-state index contributed by atoms with van der Waals surface area (Å²) in [5, 5.41) is 4.65. The van der Waals surface area contributed by atoms with Gasteiger partial charge in [-0.1, -0.05) is 35.3 Å². The lowest BCUT2D eigenvalue weighted by Gasteiger charge is -2.03. The van der Waals surface area contributed by atoms with Crippen LogP contribution >= 0.6 is 23.2 Å². The zero-order valence-corrected chi connectivity index (χ0v) is 12.9. The normalized spacial score (nSPS) is 15.0. The van der Waals surface area contributed by atoms with E-state index in [0.29, 0.717) is 16.6 Å². The number of nitrogens with zero attached hydrogens (tertiary/aromatic N) is 1. The molecule has 0 bridgehead atoms. The predicted molar refractivity (Wildman–Crippen MR) is 90.6 cm³/mol. The molecule has 5 heteroatoms. The van der Waals surface area contributed by atoms with Gasteiger partial charge >= 0.3 is 0 Å². The first-order valence-corrected chi connectivity index (χ1v) is 7.50. The lowest BCUT2D eigenvalue weighted by atomic mass is 10.1. The molecular formula is C16H15Cl2N3. The molecule has 1 aliphatic rings. The number of nitrogens with one attached hydrogen (secondary N) is 1. The van der Waals surface area contributed by atoms with Gasteiger partial charge in [0, 0.05) is 34.4 Å². The molecule has 0 fully saturated rings. The van der Waals surface area contributed by atoms with Crippen molar-refractivity contribution in [2.24, 2.45) is 4.99 Å². The summed E-state index contributed by atoms with van der Waals surface area (Å²) in [5.74, 6) is 0.973. The molecule has 3 N–H and O–H groups in total. The van der Waals surface area contributed by atoms with Crippen molar-refractivity contribution in [2.45, 2.75) is 12.8 Å². The Kier molecular flexibility index (Phi) is 4.04. The van der Waals surface area contributed by atoms with Gasteiger partial charge in [0.15, 0.2) is 0 Å². The molecule has 0 aromatic heterocycles. The molecule has 2 aromatic rings. The summed E-state index contributed by atoms with van der Waals surface area (Å²) in [4.78, 5) is 4.60. The van der Waals surface area contributed by atoms with Gasteiger partial charge in [-0.25, -0.2) is 0 Å². The maximum absolute atomic E-state index is 6.15. The van der Waals surface area contributed by atoms with Crippen LogP contribution in [0, 0.1) is 0 Å². The maximum atomic E-state index is 6.15. The van der Waals surface area contributed by atoms with Gasteiger partial charge in [-0.05, 0) is 41.8 Å². The van der Waals surface area contributed by atoms with Crippen molar-refractivity contribution in [3.8, 4) is 0 Å². The number of aliphatic imine (C=N–C) groups is 1. The van der Waals surface area contributed by atoms with Gasteiger partial charge < -0.3 is 11.1 Å². The number of amidine groups is 1. The molecule has 0 radical (unpaired) electrons. The summed E-state index contributed by atoms with van der Waals surface area (Å²) in [6.07, 6.45) is 1.61. The molecule has 1 aliphatic heterocycles. The molecule has 0 saturated heterocycles. The quantitative estimate of drug-likeness (QED) is 0.833. The zero-order chi connectivity index (χ0) is 14.8. The van der Waals surface area contributed by atoms with Crippen LogP contribution in [0.15, 0.2) is 41.4 Å². The van der Waals surface area contributed by atoms with E-state index in [1.54, 1.807) is 6.07 Å². The van der Waals surface area contributed by atoms with Gasteiger partial charge in [0.2, 0.25) is 0 Å². The number of nitrogens with two attached hydrogens (primary N) is 1. The van der Waals surface area contributed by atoms with E-state index >= 15 is 0 Å². The molecular weight excluding hydrogens is 305 g/mol. The van der Waals surface area contributed by atoms with Gasteiger partial charge in [-0.2, -0.15) is 0 Å². The third kappa shape index (κ3) is 3.31. The average Bonchev–Trinajstić information content (AvgIpc) is 2.83. The molecule has 0 saturated carbocycles. The number of rotatable bonds is 3. The number of fused-ring (bicyclic) bond motifs is 1. The van der Waals surface area contributed by atoms with Crippen LogP contribution in [0.1, 0.15) is 11.1 Å². The fourth-order valence-corrected chi connectivity index (χ4v) is 2.88. The van der Waals surface area contributed by atoms with Crippen LogP contribution in [-0.4, -0.2) is 12.4 Å². The third-order valence-electron chi connectivity index (χ3n) is 3.47. The highest BCUT2D eigenvalue weighted by Crippen LogP contribution is 2.26. The summed E-state index contributed by atoms with van der Waals surface area (Å²) in [7, 11) is 0. The highest BCUT2D eigenvalue weighted by molar-refractivity contribution is 6.35. The molecule has 3 rings (SSSR count). The number of halogens is 2. The van der Waals surface area contributed by atoms with Crippen LogP contribution in [0.2, 0.25) is 10.0 Å². The Morgan fingerprint density at radius 2 is 2.00 bits per heavy atom. The second-order valence-electron chi connectivity index (χ2n) is 5.03. The minimum Gasteiger partial charge on any atom is -0.399 e. The van der Waals surface area contributed by atoms with Gasteiger partial charge in [0.1, 0.15) is 5.84 Å². The maximum Gasteiger partial charge on any atom is 0.105 e. The molecule has 3 nitrogen and oxygen atoms in total. The third-order valence-corrected chi connectivity index (χ3v) is 4.06. The lowest BCUT2D eigenvalue weighted by molar-refractivity contribution is 0.964. The van der Waals surface area contributed by atoms with Gasteiger partial charge in [-0.15, -0.1) is 0 Å². The fraction of sp³-hybridized carbons (Fsp3) is 0.188. The Bertz CT molecular complexity index is 711. The first-order valence-electron chi connectivity index (χ1n) is 6.74. The van der Waals surface area contributed by atoms with Gasteiger partial charge in [0.05, 0.1) is 0 Å². The molecule has 1 heterocycles. The van der Waals surface area contributed by atoms with Crippen LogP contribution < -0.4 is 11.1 Å². The Morgan fingerprint density at radius 1 is 1.14 bits per heavy atom. The standard InChI is InChI=1S/C16H15Cl2N3/c17-12-3-1-10(14(18)8-12)5-6-20-16-7-11-2-4-13(19)9-15(11)21-16/h1-4,8-9H,5-7,19H2,(H,20,21). The Morgan fingerprint density at radius 3 is 2.81 bits per heavy atom. The molecule has 0 atom stereocenters. The van der Waals surface area contributed by atoms with Crippen molar-refractivity contribution in [1.29, 1.82) is 0 Å². The van der Waals surface area contributed by atoms with Crippen molar-refractivity contribution in [1.82, 2.24) is 0 Å². The molecule has 0 unspecified atom stereocenters. The Hall–Kier alpha value is -1.71. The number of nitrogen functional groups attached to an aromatic ring is 1. The van der Waals surface area contributed by atoms with Crippen molar-refractivity contribution in [3.05, 3.63) is 57.6 Å². The van der Waals surface area contributed by atoms with E-state index in [0.717, 1.165) is 35.6 Å². The van der Waals surface area contributed by atoms with E-state index in [1.165, 1.54) is 5.56 Å². The van der Waals surface area contributed by atoms with Crippen LogP contribution in [0.3, 0.4) is 0 Å². The lowest BCUT2D eigenvalue weighted by Crippen LogP contribution is -2.07. The van der Waals surface area contributed by atoms with Crippen LogP contribution in [0.4, 0.5) is 11.4 Å². The largest absolute Gasteiger partial charge is 0.399 e. The summed E-state index contributed by atoms with van der Waals surface area (Å²) >= 11 is 12.0. The van der Waals surface area contributed by atoms with Gasteiger partial charge in [-0.3, -0.25) is 4.99 Å². The molecule has 108 valence electrons. The van der Waals surface area contributed by atoms with Crippen molar-refractivity contribution in [2.75, 3.05) is 17.6 Å². The number of benzene rings is 2. The first kappa shape index (κ1) is 14.2. The summed E-state index contributed by atoms with van der Waals surface area (Å²) < 4.78 is 0. The summed E-state index contributed by atoms with van der Waals surface area (Å²) in [6.45, 7) is 0.688. The monoisotopic (exact) mass is 319 g/mol. The smallest absolute Gasteiger partial charge is 0.105 e. The second-order valence-corrected chi connectivity index (χ2v) is 5.88. The van der Waals surface area contributed by atoms with E-state index in [9.17, 15) is 0 Å². The van der Waals surface area contributed by atoms with Crippen molar-refractivity contribution in [3.63, 3.8) is 0 Å². The SMILES string of the molecule is Nc1ccc2c(c1)NC(=NCCc1ccc(Cl)cc1Cl)C2. The second kappa shape index (κ2) is 5.96. The molecule has 0 aliphatic carbocycles. The number of anilines is 2. The van der Waals surface area contributed by atoms with Gasteiger partial charge in [0.25, 0.3) is 0 Å². The number of hydrogen-bond donors (Lipinski definition) is 2. The van der Waals surface area contributed by atoms with E-state index in [1.807, 2.05) is 30.3 Å².